The Balaban J connectivity index is 2.08. The minimum Gasteiger partial charge on any atom is -0.317 e. The molecule has 0 saturated heterocycles. The van der Waals surface area contributed by atoms with Gasteiger partial charge in [0.1, 0.15) is 0 Å². The second-order valence-electron chi connectivity index (χ2n) is 7.16. The van der Waals surface area contributed by atoms with Crippen LogP contribution in [0.15, 0.2) is 0 Å². The summed E-state index contributed by atoms with van der Waals surface area (Å²) in [5, 5.41) is 3.18. The van der Waals surface area contributed by atoms with E-state index in [0.29, 0.717) is 0 Å². The smallest absolute Gasteiger partial charge is 0.248 e. The Hall–Kier alpha value is -1.06. The molecule has 1 N–H and O–H groups in total. The molecule has 0 aliphatic carbocycles. The van der Waals surface area contributed by atoms with E-state index in [2.05, 4.69) is 21.7 Å². The van der Waals surface area contributed by atoms with Crippen LogP contribution in [0.4, 0.5) is 0 Å². The third kappa shape index (κ3) is 3.53. The van der Waals surface area contributed by atoms with Gasteiger partial charge in [0.15, 0.2) is 6.17 Å². The van der Waals surface area contributed by atoms with E-state index in [1.54, 1.807) is 0 Å². The lowest BCUT2D eigenvalue weighted by Crippen LogP contribution is -2.55. The molecule has 0 spiro atoms. The Bertz CT molecular complexity index is 395. The number of nitrogens with zero attached hydrogens (tertiary/aromatic N) is 2. The average Bonchev–Trinajstić information content (AvgIpc) is 2.62. The highest BCUT2D eigenvalue weighted by atomic mass is 16.2. The first-order chi connectivity index (χ1) is 9.39. The lowest BCUT2D eigenvalue weighted by molar-refractivity contribution is -0.539. The van der Waals surface area contributed by atoms with E-state index in [0.717, 1.165) is 13.0 Å². The Morgan fingerprint density at radius 2 is 1.90 bits per heavy atom. The second kappa shape index (κ2) is 6.15. The van der Waals surface area contributed by atoms with Crippen molar-refractivity contribution in [2.75, 3.05) is 19.6 Å². The third-order valence-electron chi connectivity index (χ3n) is 4.34. The molecule has 2 heterocycles. The topological polar surface area (TPSA) is 35.4 Å². The highest BCUT2D eigenvalue weighted by Gasteiger charge is 2.34. The maximum atomic E-state index is 12.2. The number of rotatable bonds is 2. The van der Waals surface area contributed by atoms with Gasteiger partial charge in [-0.15, -0.1) is 0 Å². The molecule has 0 aromatic heterocycles. The van der Waals surface area contributed by atoms with Gasteiger partial charge in [-0.2, -0.15) is 0 Å². The van der Waals surface area contributed by atoms with Crippen LogP contribution in [0.2, 0.25) is 0 Å². The molecule has 0 radical (unpaired) electrons. The number of amidine groups is 1. The Morgan fingerprint density at radius 1 is 1.20 bits per heavy atom. The van der Waals surface area contributed by atoms with Crippen molar-refractivity contribution in [2.45, 2.75) is 66.0 Å². The van der Waals surface area contributed by atoms with Crippen molar-refractivity contribution in [3.8, 4) is 0 Å². The van der Waals surface area contributed by atoms with Gasteiger partial charge in [0, 0.05) is 18.3 Å². The van der Waals surface area contributed by atoms with Gasteiger partial charge in [0.25, 0.3) is 0 Å². The van der Waals surface area contributed by atoms with E-state index in [9.17, 15) is 4.79 Å². The molecule has 114 valence electrons. The maximum absolute atomic E-state index is 12.2. The van der Waals surface area contributed by atoms with Gasteiger partial charge in [-0.05, 0) is 26.2 Å². The molecule has 0 saturated carbocycles. The highest BCUT2D eigenvalue weighted by molar-refractivity contribution is 5.83. The molecule has 2 aliphatic heterocycles. The Labute approximate surface area is 123 Å². The first kappa shape index (κ1) is 15.3. The zero-order valence-corrected chi connectivity index (χ0v) is 13.5. The van der Waals surface area contributed by atoms with Crippen LogP contribution in [0.1, 0.15) is 59.8 Å². The average molecular weight is 280 g/mol. The molecule has 1 atom stereocenters. The molecular formula is C16H30N3O+. The minimum atomic E-state index is -0.322. The Morgan fingerprint density at radius 3 is 2.60 bits per heavy atom. The fourth-order valence-corrected chi connectivity index (χ4v) is 3.08. The minimum absolute atomic E-state index is 0.0950. The molecule has 0 bridgehead atoms. The van der Waals surface area contributed by atoms with Gasteiger partial charge in [0.05, 0.1) is 19.6 Å². The SMILES string of the molecule is CC(NC(=O)C(C)(C)C)N1CCC[N+]2=C1CCCCC2. The summed E-state index contributed by atoms with van der Waals surface area (Å²) in [6, 6.07) is 0. The monoisotopic (exact) mass is 280 g/mol. The molecule has 0 fully saturated rings. The fraction of sp³-hybridized carbons (Fsp3) is 0.875. The van der Waals surface area contributed by atoms with Crippen LogP contribution < -0.4 is 5.32 Å². The van der Waals surface area contributed by atoms with Gasteiger partial charge in [-0.1, -0.05) is 20.8 Å². The summed E-state index contributed by atoms with van der Waals surface area (Å²) in [5.41, 5.74) is -0.322. The van der Waals surface area contributed by atoms with Crippen molar-refractivity contribution in [2.24, 2.45) is 5.41 Å². The van der Waals surface area contributed by atoms with E-state index in [-0.39, 0.29) is 17.5 Å². The van der Waals surface area contributed by atoms with E-state index in [1.807, 2.05) is 20.8 Å². The summed E-state index contributed by atoms with van der Waals surface area (Å²) in [6.45, 7) is 11.5. The molecule has 0 aromatic carbocycles. The number of hydrogen-bond donors (Lipinski definition) is 1. The summed E-state index contributed by atoms with van der Waals surface area (Å²) < 4.78 is 2.54. The molecule has 2 rings (SSSR count). The predicted molar refractivity (Wildman–Crippen MR) is 81.9 cm³/mol. The van der Waals surface area contributed by atoms with Gasteiger partial charge >= 0.3 is 0 Å². The van der Waals surface area contributed by atoms with Crippen LogP contribution in [-0.2, 0) is 4.79 Å². The van der Waals surface area contributed by atoms with Crippen molar-refractivity contribution in [3.05, 3.63) is 0 Å². The second-order valence-corrected chi connectivity index (χ2v) is 7.16. The molecular weight excluding hydrogens is 250 g/mol. The molecule has 0 aromatic rings. The van der Waals surface area contributed by atoms with Crippen LogP contribution in [0.5, 0.6) is 0 Å². The van der Waals surface area contributed by atoms with Crippen LogP contribution in [-0.4, -0.2) is 47.0 Å². The van der Waals surface area contributed by atoms with Crippen molar-refractivity contribution in [3.63, 3.8) is 0 Å². The molecule has 20 heavy (non-hydrogen) atoms. The number of carbonyl (C=O) groups is 1. The van der Waals surface area contributed by atoms with Gasteiger partial charge < -0.3 is 5.32 Å². The zero-order valence-electron chi connectivity index (χ0n) is 13.5. The maximum Gasteiger partial charge on any atom is 0.248 e. The standard InChI is InChI=1S/C16H29N3O/c1-13(17-15(20)16(2,3)4)19-12-8-11-18-10-7-5-6-9-14(18)19/h13H,5-12H2,1-4H3/p+1. The first-order valence-electron chi connectivity index (χ1n) is 8.08. The van der Waals surface area contributed by atoms with Crippen LogP contribution in [0, 0.1) is 5.41 Å². The number of nitrogens with one attached hydrogen (secondary N) is 1. The fourth-order valence-electron chi connectivity index (χ4n) is 3.08. The van der Waals surface area contributed by atoms with Crippen molar-refractivity contribution < 1.29 is 9.37 Å². The van der Waals surface area contributed by atoms with Gasteiger partial charge in [-0.3, -0.25) is 9.37 Å². The largest absolute Gasteiger partial charge is 0.317 e. The van der Waals surface area contributed by atoms with E-state index in [1.165, 1.54) is 44.6 Å². The van der Waals surface area contributed by atoms with Crippen molar-refractivity contribution in [1.82, 2.24) is 10.2 Å². The molecule has 1 unspecified atom stereocenters. The van der Waals surface area contributed by atoms with Gasteiger partial charge in [-0.25, -0.2) is 4.90 Å². The molecule has 2 aliphatic rings. The van der Waals surface area contributed by atoms with Crippen LogP contribution in [0.3, 0.4) is 0 Å². The lowest BCUT2D eigenvalue weighted by atomic mass is 9.95. The zero-order chi connectivity index (χ0) is 14.8. The molecule has 4 nitrogen and oxygen atoms in total. The predicted octanol–water partition coefficient (Wildman–Crippen LogP) is 2.19. The van der Waals surface area contributed by atoms with Crippen molar-refractivity contribution in [1.29, 1.82) is 0 Å². The summed E-state index contributed by atoms with van der Waals surface area (Å²) in [5.74, 6) is 1.59. The first-order valence-corrected chi connectivity index (χ1v) is 8.08. The summed E-state index contributed by atoms with van der Waals surface area (Å²) in [6.07, 6.45) is 6.37. The number of carbonyl (C=O) groups excluding carboxylic acids is 1. The normalized spacial score (nSPS) is 22.1. The third-order valence-corrected chi connectivity index (χ3v) is 4.34. The number of amides is 1. The Kier molecular flexibility index (Phi) is 4.71. The molecule has 1 amide bonds. The highest BCUT2D eigenvalue weighted by Crippen LogP contribution is 2.18. The van der Waals surface area contributed by atoms with E-state index >= 15 is 0 Å². The van der Waals surface area contributed by atoms with E-state index in [4.69, 9.17) is 0 Å². The summed E-state index contributed by atoms with van der Waals surface area (Å²) >= 11 is 0. The van der Waals surface area contributed by atoms with Crippen LogP contribution >= 0.6 is 0 Å². The van der Waals surface area contributed by atoms with Crippen LogP contribution in [0.25, 0.3) is 0 Å². The quantitative estimate of drug-likeness (QED) is 0.787. The lowest BCUT2D eigenvalue weighted by Gasteiger charge is -2.32. The summed E-state index contributed by atoms with van der Waals surface area (Å²) in [7, 11) is 0. The van der Waals surface area contributed by atoms with E-state index < -0.39 is 0 Å². The summed E-state index contributed by atoms with van der Waals surface area (Å²) in [4.78, 5) is 14.6. The molecule has 4 heteroatoms. The number of hydrogen-bond acceptors (Lipinski definition) is 2. The van der Waals surface area contributed by atoms with Gasteiger partial charge in [0.2, 0.25) is 11.7 Å². The van der Waals surface area contributed by atoms with Crippen molar-refractivity contribution >= 4 is 11.7 Å².